The summed E-state index contributed by atoms with van der Waals surface area (Å²) in [6.45, 7) is 0.811. The van der Waals surface area contributed by atoms with Crippen molar-refractivity contribution in [3.63, 3.8) is 0 Å². The Labute approximate surface area is 99.3 Å². The van der Waals surface area contributed by atoms with E-state index in [0.717, 1.165) is 24.5 Å². The quantitative estimate of drug-likeness (QED) is 0.884. The minimum atomic E-state index is 0.648. The van der Waals surface area contributed by atoms with Crippen LogP contribution in [-0.2, 0) is 13.5 Å². The van der Waals surface area contributed by atoms with Crippen molar-refractivity contribution in [2.75, 3.05) is 11.9 Å². The number of pyridine rings is 1. The van der Waals surface area contributed by atoms with Crippen LogP contribution in [0.15, 0.2) is 30.6 Å². The van der Waals surface area contributed by atoms with Gasteiger partial charge in [0, 0.05) is 32.4 Å². The van der Waals surface area contributed by atoms with Crippen molar-refractivity contribution in [1.29, 1.82) is 0 Å². The van der Waals surface area contributed by atoms with Gasteiger partial charge < -0.3 is 5.32 Å². The summed E-state index contributed by atoms with van der Waals surface area (Å²) in [6.07, 6.45) is 4.45. The highest BCUT2D eigenvalue weighted by atomic mass is 35.5. The van der Waals surface area contributed by atoms with E-state index in [1.54, 1.807) is 10.9 Å². The molecule has 0 saturated heterocycles. The fourth-order valence-electron chi connectivity index (χ4n) is 1.40. The molecule has 0 fully saturated rings. The van der Waals surface area contributed by atoms with Crippen LogP contribution in [0, 0.1) is 0 Å². The molecule has 0 aliphatic carbocycles. The molecular weight excluding hydrogens is 224 g/mol. The third-order valence-corrected chi connectivity index (χ3v) is 2.41. The molecular formula is C11H13ClN4. The lowest BCUT2D eigenvalue weighted by Crippen LogP contribution is -2.06. The van der Waals surface area contributed by atoms with E-state index in [1.165, 1.54) is 0 Å². The average Bonchev–Trinajstić information content (AvgIpc) is 2.67. The summed E-state index contributed by atoms with van der Waals surface area (Å²) in [5.41, 5.74) is 1.07. The molecule has 0 bridgehead atoms. The van der Waals surface area contributed by atoms with Crippen LogP contribution in [0.4, 0.5) is 5.82 Å². The molecule has 0 aliphatic heterocycles. The molecule has 0 amide bonds. The number of nitrogens with one attached hydrogen (secondary N) is 1. The Hall–Kier alpha value is -1.55. The van der Waals surface area contributed by atoms with Crippen LogP contribution >= 0.6 is 11.6 Å². The van der Waals surface area contributed by atoms with Crippen molar-refractivity contribution in [2.45, 2.75) is 6.42 Å². The van der Waals surface area contributed by atoms with E-state index in [0.29, 0.717) is 5.02 Å². The van der Waals surface area contributed by atoms with E-state index in [9.17, 15) is 0 Å². The Kier molecular flexibility index (Phi) is 3.41. The normalized spacial score (nSPS) is 10.4. The van der Waals surface area contributed by atoms with Crippen molar-refractivity contribution in [2.24, 2.45) is 7.05 Å². The molecule has 0 aliphatic rings. The fraction of sp³-hybridized carbons (Fsp3) is 0.273. The minimum Gasteiger partial charge on any atom is -0.370 e. The van der Waals surface area contributed by atoms with E-state index in [2.05, 4.69) is 15.4 Å². The number of anilines is 1. The Morgan fingerprint density at radius 1 is 1.38 bits per heavy atom. The molecule has 0 aromatic carbocycles. The maximum absolute atomic E-state index is 5.74. The van der Waals surface area contributed by atoms with Crippen LogP contribution < -0.4 is 5.32 Å². The number of aryl methyl sites for hydroxylation is 1. The van der Waals surface area contributed by atoms with Gasteiger partial charge in [-0.2, -0.15) is 5.10 Å². The predicted octanol–water partition coefficient (Wildman–Crippen LogP) is 2.12. The SMILES string of the molecule is Cn1ccc(CCNc2ccc(Cl)cn2)n1. The summed E-state index contributed by atoms with van der Waals surface area (Å²) in [4.78, 5) is 4.15. The van der Waals surface area contributed by atoms with E-state index in [1.807, 2.05) is 31.4 Å². The molecule has 0 atom stereocenters. The first-order chi connectivity index (χ1) is 7.74. The zero-order chi connectivity index (χ0) is 11.4. The number of rotatable bonds is 4. The van der Waals surface area contributed by atoms with Gasteiger partial charge in [0.25, 0.3) is 0 Å². The highest BCUT2D eigenvalue weighted by Gasteiger charge is 1.97. The molecule has 4 nitrogen and oxygen atoms in total. The smallest absolute Gasteiger partial charge is 0.125 e. The number of aromatic nitrogens is 3. The van der Waals surface area contributed by atoms with Gasteiger partial charge in [-0.05, 0) is 18.2 Å². The van der Waals surface area contributed by atoms with Gasteiger partial charge in [0.05, 0.1) is 10.7 Å². The van der Waals surface area contributed by atoms with Gasteiger partial charge in [-0.3, -0.25) is 4.68 Å². The van der Waals surface area contributed by atoms with Crippen molar-refractivity contribution in [3.8, 4) is 0 Å². The number of nitrogens with zero attached hydrogens (tertiary/aromatic N) is 3. The standard InChI is InChI=1S/C11H13ClN4/c1-16-7-5-10(15-16)4-6-13-11-3-2-9(12)8-14-11/h2-3,5,7-8H,4,6H2,1H3,(H,13,14). The molecule has 84 valence electrons. The first kappa shape index (κ1) is 11.0. The Morgan fingerprint density at radius 2 is 2.25 bits per heavy atom. The molecule has 2 aromatic heterocycles. The summed E-state index contributed by atoms with van der Waals surface area (Å²) in [6, 6.07) is 5.69. The molecule has 2 rings (SSSR count). The molecule has 16 heavy (non-hydrogen) atoms. The van der Waals surface area contributed by atoms with Crippen molar-refractivity contribution >= 4 is 17.4 Å². The maximum atomic E-state index is 5.74. The summed E-state index contributed by atoms with van der Waals surface area (Å²) in [7, 11) is 1.91. The van der Waals surface area contributed by atoms with Crippen LogP contribution in [0.3, 0.4) is 0 Å². The van der Waals surface area contributed by atoms with E-state index in [4.69, 9.17) is 11.6 Å². The van der Waals surface area contributed by atoms with E-state index >= 15 is 0 Å². The largest absolute Gasteiger partial charge is 0.370 e. The van der Waals surface area contributed by atoms with Gasteiger partial charge in [-0.25, -0.2) is 4.98 Å². The second-order valence-corrected chi connectivity index (χ2v) is 3.96. The highest BCUT2D eigenvalue weighted by molar-refractivity contribution is 6.30. The van der Waals surface area contributed by atoms with Gasteiger partial charge in [-0.1, -0.05) is 11.6 Å². The first-order valence-electron chi connectivity index (χ1n) is 5.08. The molecule has 2 aromatic rings. The van der Waals surface area contributed by atoms with Crippen LogP contribution in [0.1, 0.15) is 5.69 Å². The van der Waals surface area contributed by atoms with Gasteiger partial charge in [0.2, 0.25) is 0 Å². The van der Waals surface area contributed by atoms with E-state index in [-0.39, 0.29) is 0 Å². The number of halogens is 1. The minimum absolute atomic E-state index is 0.648. The van der Waals surface area contributed by atoms with Crippen LogP contribution in [0.25, 0.3) is 0 Å². The number of hydrogen-bond donors (Lipinski definition) is 1. The maximum Gasteiger partial charge on any atom is 0.125 e. The van der Waals surface area contributed by atoms with Crippen molar-refractivity contribution < 1.29 is 0 Å². The topological polar surface area (TPSA) is 42.7 Å². The summed E-state index contributed by atoms with van der Waals surface area (Å²) >= 11 is 5.74. The fourth-order valence-corrected chi connectivity index (χ4v) is 1.51. The molecule has 1 N–H and O–H groups in total. The monoisotopic (exact) mass is 236 g/mol. The van der Waals surface area contributed by atoms with Crippen LogP contribution in [0.5, 0.6) is 0 Å². The van der Waals surface area contributed by atoms with Gasteiger partial charge in [0.1, 0.15) is 5.82 Å². The van der Waals surface area contributed by atoms with Gasteiger partial charge >= 0.3 is 0 Å². The summed E-state index contributed by atoms with van der Waals surface area (Å²) in [5.74, 6) is 0.834. The average molecular weight is 237 g/mol. The van der Waals surface area contributed by atoms with Crippen molar-refractivity contribution in [1.82, 2.24) is 14.8 Å². The first-order valence-corrected chi connectivity index (χ1v) is 5.46. The lowest BCUT2D eigenvalue weighted by atomic mass is 10.3. The Morgan fingerprint density at radius 3 is 2.88 bits per heavy atom. The second kappa shape index (κ2) is 4.99. The van der Waals surface area contributed by atoms with Crippen molar-refractivity contribution in [3.05, 3.63) is 41.3 Å². The Bertz CT molecular complexity index is 449. The zero-order valence-electron chi connectivity index (χ0n) is 9.02. The summed E-state index contributed by atoms with van der Waals surface area (Å²) in [5, 5.41) is 8.15. The molecule has 0 saturated carbocycles. The molecule has 0 unspecified atom stereocenters. The lowest BCUT2D eigenvalue weighted by Gasteiger charge is -2.03. The third kappa shape index (κ3) is 2.97. The van der Waals surface area contributed by atoms with Crippen LogP contribution in [-0.4, -0.2) is 21.3 Å². The lowest BCUT2D eigenvalue weighted by molar-refractivity contribution is 0.742. The zero-order valence-corrected chi connectivity index (χ0v) is 9.78. The van der Waals surface area contributed by atoms with Crippen LogP contribution in [0.2, 0.25) is 5.02 Å². The molecule has 2 heterocycles. The second-order valence-electron chi connectivity index (χ2n) is 3.52. The Balaban J connectivity index is 1.82. The molecule has 0 radical (unpaired) electrons. The highest BCUT2D eigenvalue weighted by Crippen LogP contribution is 2.09. The van der Waals surface area contributed by atoms with Gasteiger partial charge in [0.15, 0.2) is 0 Å². The molecule has 0 spiro atoms. The van der Waals surface area contributed by atoms with E-state index < -0.39 is 0 Å². The predicted molar refractivity (Wildman–Crippen MR) is 64.6 cm³/mol. The third-order valence-electron chi connectivity index (χ3n) is 2.18. The summed E-state index contributed by atoms with van der Waals surface area (Å²) < 4.78 is 1.80. The molecule has 5 heteroatoms. The number of hydrogen-bond acceptors (Lipinski definition) is 3. The van der Waals surface area contributed by atoms with Gasteiger partial charge in [-0.15, -0.1) is 0 Å².